The highest BCUT2D eigenvalue weighted by Crippen LogP contribution is 2.26. The maximum absolute atomic E-state index is 13.4. The second-order valence-corrected chi connectivity index (χ2v) is 8.42. The molecule has 1 atom stereocenters. The SMILES string of the molecule is N#Cc1ccc(-c2cnc(N)c(C(=O)c3cccc(N4CCNC(c5ccccc5)C4)n3)c2)cc1.[HH].[HH].[HH]. The van der Waals surface area contributed by atoms with Gasteiger partial charge in [-0.1, -0.05) is 48.5 Å². The number of nitrogen functional groups attached to an aromatic ring is 1. The van der Waals surface area contributed by atoms with E-state index in [1.54, 1.807) is 30.5 Å². The fraction of sp³-hybridized carbons (Fsp3) is 0.143. The summed E-state index contributed by atoms with van der Waals surface area (Å²) < 4.78 is 0. The Bertz CT molecular complexity index is 1410. The van der Waals surface area contributed by atoms with E-state index in [1.807, 2.05) is 42.5 Å². The van der Waals surface area contributed by atoms with Crippen LogP contribution in [-0.2, 0) is 0 Å². The molecule has 5 rings (SSSR count). The minimum absolute atomic E-state index is 0. The number of benzene rings is 2. The maximum atomic E-state index is 13.4. The predicted octanol–water partition coefficient (Wildman–Crippen LogP) is 4.72. The van der Waals surface area contributed by atoms with Gasteiger partial charge in [0.15, 0.2) is 0 Å². The number of aromatic nitrogens is 2. The summed E-state index contributed by atoms with van der Waals surface area (Å²) in [6.07, 6.45) is 1.63. The molecule has 1 unspecified atom stereocenters. The van der Waals surface area contributed by atoms with Gasteiger partial charge in [0.05, 0.1) is 17.2 Å². The number of anilines is 2. The van der Waals surface area contributed by atoms with Crippen molar-refractivity contribution in [3.63, 3.8) is 0 Å². The zero-order valence-corrected chi connectivity index (χ0v) is 19.1. The van der Waals surface area contributed by atoms with Gasteiger partial charge in [-0.05, 0) is 41.5 Å². The first-order valence-corrected chi connectivity index (χ1v) is 11.4. The molecule has 178 valence electrons. The number of nitrogens with zero attached hydrogens (tertiary/aromatic N) is 4. The minimum Gasteiger partial charge on any atom is -0.383 e. The topological polar surface area (TPSA) is 108 Å². The van der Waals surface area contributed by atoms with Crippen molar-refractivity contribution >= 4 is 17.4 Å². The number of hydrogen-bond donors (Lipinski definition) is 2. The van der Waals surface area contributed by atoms with Crippen molar-refractivity contribution in [2.75, 3.05) is 30.3 Å². The smallest absolute Gasteiger partial charge is 0.215 e. The van der Waals surface area contributed by atoms with E-state index in [-0.39, 0.29) is 21.9 Å². The van der Waals surface area contributed by atoms with Gasteiger partial charge >= 0.3 is 0 Å². The molecule has 3 heterocycles. The Labute approximate surface area is 208 Å². The standard InChI is InChI=1S/C28H24N6O.3H2/c29-16-19-9-11-20(12-10-19)22-15-23(28(30)32-17-22)27(35)24-7-4-8-26(33-24)34-14-13-31-25(18-34)21-5-2-1-3-6-21;;;/h1-12,15,17,25,31H,13-14,18H2,(H2,30,32);3*1H. The zero-order chi connectivity index (χ0) is 24.2. The van der Waals surface area contributed by atoms with Crippen LogP contribution < -0.4 is 16.0 Å². The Morgan fingerprint density at radius 2 is 1.86 bits per heavy atom. The van der Waals surface area contributed by atoms with Gasteiger partial charge in [0.25, 0.3) is 0 Å². The first-order chi connectivity index (χ1) is 17.1. The van der Waals surface area contributed by atoms with E-state index in [2.05, 4.69) is 33.4 Å². The number of piperazine rings is 1. The highest BCUT2D eigenvalue weighted by molar-refractivity contribution is 6.11. The fourth-order valence-corrected chi connectivity index (χ4v) is 4.28. The lowest BCUT2D eigenvalue weighted by Crippen LogP contribution is -2.46. The number of carbonyl (C=O) groups is 1. The second kappa shape index (κ2) is 9.75. The van der Waals surface area contributed by atoms with Gasteiger partial charge in [0.2, 0.25) is 5.78 Å². The average Bonchev–Trinajstić information content (AvgIpc) is 2.93. The van der Waals surface area contributed by atoms with Gasteiger partial charge in [-0.15, -0.1) is 0 Å². The quantitative estimate of drug-likeness (QED) is 0.410. The van der Waals surface area contributed by atoms with Crippen molar-refractivity contribution in [2.45, 2.75) is 6.04 Å². The molecule has 1 fully saturated rings. The molecule has 1 saturated heterocycles. The van der Waals surface area contributed by atoms with Crippen LogP contribution in [0.4, 0.5) is 11.6 Å². The monoisotopic (exact) mass is 466 g/mol. The van der Waals surface area contributed by atoms with Crippen molar-refractivity contribution in [1.82, 2.24) is 15.3 Å². The molecule has 4 aromatic rings. The Balaban J connectivity index is 0.00000169. The summed E-state index contributed by atoms with van der Waals surface area (Å²) in [5, 5.41) is 12.6. The summed E-state index contributed by atoms with van der Waals surface area (Å²) in [4.78, 5) is 24.6. The number of nitrogens with one attached hydrogen (secondary N) is 1. The summed E-state index contributed by atoms with van der Waals surface area (Å²) >= 11 is 0. The maximum Gasteiger partial charge on any atom is 0.215 e. The van der Waals surface area contributed by atoms with Crippen LogP contribution in [0.5, 0.6) is 0 Å². The third-order valence-electron chi connectivity index (χ3n) is 6.18. The normalized spacial score (nSPS) is 15.4. The largest absolute Gasteiger partial charge is 0.383 e. The van der Waals surface area contributed by atoms with E-state index in [0.29, 0.717) is 16.8 Å². The van der Waals surface area contributed by atoms with Crippen molar-refractivity contribution in [3.05, 3.63) is 107 Å². The molecule has 35 heavy (non-hydrogen) atoms. The summed E-state index contributed by atoms with van der Waals surface area (Å²) in [6.45, 7) is 2.38. The van der Waals surface area contributed by atoms with E-state index in [9.17, 15) is 4.79 Å². The Hall–Kier alpha value is -4.54. The number of nitrogens with two attached hydrogens (primary N) is 1. The van der Waals surface area contributed by atoms with Gasteiger partial charge in [-0.25, -0.2) is 9.97 Å². The van der Waals surface area contributed by atoms with Crippen molar-refractivity contribution < 1.29 is 9.07 Å². The van der Waals surface area contributed by atoms with Crippen LogP contribution in [0.15, 0.2) is 85.1 Å². The molecule has 7 heteroatoms. The van der Waals surface area contributed by atoms with Crippen molar-refractivity contribution in [1.29, 1.82) is 5.26 Å². The molecule has 0 radical (unpaired) electrons. The summed E-state index contributed by atoms with van der Waals surface area (Å²) in [5.41, 5.74) is 10.1. The van der Waals surface area contributed by atoms with E-state index >= 15 is 0 Å². The molecule has 1 aliphatic rings. The van der Waals surface area contributed by atoms with Gasteiger partial charge in [0, 0.05) is 41.7 Å². The van der Waals surface area contributed by atoms with Crippen LogP contribution in [0.25, 0.3) is 11.1 Å². The van der Waals surface area contributed by atoms with Gasteiger partial charge in [0.1, 0.15) is 17.3 Å². The van der Waals surface area contributed by atoms with Crippen LogP contribution >= 0.6 is 0 Å². The average molecular weight is 467 g/mol. The Morgan fingerprint density at radius 3 is 2.63 bits per heavy atom. The van der Waals surface area contributed by atoms with Crippen LogP contribution in [-0.4, -0.2) is 35.4 Å². The number of ketones is 1. The number of nitriles is 1. The first kappa shape index (κ1) is 22.3. The van der Waals surface area contributed by atoms with Crippen LogP contribution in [0.2, 0.25) is 0 Å². The third-order valence-corrected chi connectivity index (χ3v) is 6.18. The molecule has 7 nitrogen and oxygen atoms in total. The molecule has 3 N–H and O–H groups in total. The summed E-state index contributed by atoms with van der Waals surface area (Å²) in [5.74, 6) is 0.640. The number of carbonyl (C=O) groups excluding carboxylic acids is 1. The van der Waals surface area contributed by atoms with Crippen molar-refractivity contribution in [3.8, 4) is 17.2 Å². The number of rotatable bonds is 5. The van der Waals surface area contributed by atoms with Gasteiger partial charge in [-0.2, -0.15) is 5.26 Å². The van der Waals surface area contributed by atoms with Gasteiger partial charge < -0.3 is 16.0 Å². The molecule has 0 amide bonds. The van der Waals surface area contributed by atoms with E-state index in [1.165, 1.54) is 5.56 Å². The second-order valence-electron chi connectivity index (χ2n) is 8.42. The molecule has 2 aromatic heterocycles. The lowest BCUT2D eigenvalue weighted by atomic mass is 10.0. The molecular weight excluding hydrogens is 436 g/mol. The minimum atomic E-state index is -0.276. The van der Waals surface area contributed by atoms with E-state index in [4.69, 9.17) is 16.0 Å². The molecule has 0 bridgehead atoms. The lowest BCUT2D eigenvalue weighted by Gasteiger charge is -2.35. The molecular formula is C28H30N6O. The fourth-order valence-electron chi connectivity index (χ4n) is 4.28. The number of hydrogen-bond acceptors (Lipinski definition) is 7. The summed E-state index contributed by atoms with van der Waals surface area (Å²) in [7, 11) is 0. The van der Waals surface area contributed by atoms with Crippen LogP contribution in [0, 0.1) is 11.3 Å². The van der Waals surface area contributed by atoms with Crippen LogP contribution in [0.3, 0.4) is 0 Å². The highest BCUT2D eigenvalue weighted by Gasteiger charge is 2.23. The lowest BCUT2D eigenvalue weighted by molar-refractivity contribution is 0.103. The Morgan fingerprint density at radius 1 is 1.06 bits per heavy atom. The first-order valence-electron chi connectivity index (χ1n) is 11.4. The molecule has 0 aliphatic carbocycles. The van der Waals surface area contributed by atoms with Crippen LogP contribution in [0.1, 0.15) is 37.5 Å². The van der Waals surface area contributed by atoms with Crippen molar-refractivity contribution in [2.24, 2.45) is 0 Å². The Kier molecular flexibility index (Phi) is 6.20. The molecule has 0 saturated carbocycles. The van der Waals surface area contributed by atoms with Gasteiger partial charge in [-0.3, -0.25) is 4.79 Å². The zero-order valence-electron chi connectivity index (χ0n) is 19.1. The molecule has 0 spiro atoms. The third kappa shape index (κ3) is 4.74. The van der Waals surface area contributed by atoms with E-state index < -0.39 is 0 Å². The number of pyridine rings is 2. The molecule has 2 aromatic carbocycles. The predicted molar refractivity (Wildman–Crippen MR) is 142 cm³/mol. The van der Waals surface area contributed by atoms with E-state index in [0.717, 1.165) is 36.6 Å². The summed E-state index contributed by atoms with van der Waals surface area (Å²) in [6, 6.07) is 26.9. The highest BCUT2D eigenvalue weighted by atomic mass is 16.1. The molecule has 1 aliphatic heterocycles.